The van der Waals surface area contributed by atoms with Gasteiger partial charge in [0.25, 0.3) is 0 Å². The van der Waals surface area contributed by atoms with Crippen molar-refractivity contribution in [3.8, 4) is 0 Å². The SMILES string of the molecule is CCN(CC)CCSCc1nc2c(N)cccc2o1. The first kappa shape index (κ1) is 14.2. The standard InChI is InChI=1S/C14H21N3OS/c1-3-17(4-2)8-9-19-10-13-16-14-11(15)6-5-7-12(14)18-13/h5-7H,3-4,8-10,15H2,1-2H3. The van der Waals surface area contributed by atoms with Gasteiger partial charge in [-0.2, -0.15) is 11.8 Å². The summed E-state index contributed by atoms with van der Waals surface area (Å²) in [5, 5.41) is 0. The van der Waals surface area contributed by atoms with Gasteiger partial charge >= 0.3 is 0 Å². The first-order valence-electron chi connectivity index (χ1n) is 6.68. The summed E-state index contributed by atoms with van der Waals surface area (Å²) >= 11 is 1.85. The molecular weight excluding hydrogens is 258 g/mol. The van der Waals surface area contributed by atoms with E-state index in [1.54, 1.807) is 0 Å². The van der Waals surface area contributed by atoms with E-state index in [1.807, 2.05) is 30.0 Å². The van der Waals surface area contributed by atoms with Crippen LogP contribution in [0.25, 0.3) is 11.1 Å². The zero-order chi connectivity index (χ0) is 13.7. The van der Waals surface area contributed by atoms with Gasteiger partial charge in [-0.3, -0.25) is 0 Å². The Labute approximate surface area is 118 Å². The Kier molecular flexibility index (Phi) is 5.10. The highest BCUT2D eigenvalue weighted by atomic mass is 32.2. The molecule has 4 nitrogen and oxygen atoms in total. The van der Waals surface area contributed by atoms with Gasteiger partial charge in [0.15, 0.2) is 5.58 Å². The molecule has 2 rings (SSSR count). The van der Waals surface area contributed by atoms with E-state index in [2.05, 4.69) is 23.7 Å². The second-order valence-corrected chi connectivity index (χ2v) is 5.49. The smallest absolute Gasteiger partial charge is 0.205 e. The summed E-state index contributed by atoms with van der Waals surface area (Å²) in [5.74, 6) is 2.66. The summed E-state index contributed by atoms with van der Waals surface area (Å²) in [5.41, 5.74) is 8.10. The molecule has 0 spiro atoms. The minimum atomic E-state index is 0.681. The van der Waals surface area contributed by atoms with E-state index < -0.39 is 0 Å². The van der Waals surface area contributed by atoms with Crippen LogP contribution in [0.4, 0.5) is 5.69 Å². The van der Waals surface area contributed by atoms with Gasteiger partial charge in [0, 0.05) is 12.3 Å². The third kappa shape index (κ3) is 3.64. The molecule has 1 heterocycles. The van der Waals surface area contributed by atoms with Crippen molar-refractivity contribution in [1.29, 1.82) is 0 Å². The lowest BCUT2D eigenvalue weighted by Gasteiger charge is -2.16. The van der Waals surface area contributed by atoms with Gasteiger partial charge in [-0.05, 0) is 25.2 Å². The van der Waals surface area contributed by atoms with E-state index in [1.165, 1.54) is 0 Å². The summed E-state index contributed by atoms with van der Waals surface area (Å²) in [6.45, 7) is 7.71. The minimum Gasteiger partial charge on any atom is -0.440 e. The molecule has 19 heavy (non-hydrogen) atoms. The lowest BCUT2D eigenvalue weighted by Crippen LogP contribution is -2.25. The highest BCUT2D eigenvalue weighted by molar-refractivity contribution is 7.98. The summed E-state index contributed by atoms with van der Waals surface area (Å²) in [6.07, 6.45) is 0. The fourth-order valence-corrected chi connectivity index (χ4v) is 2.80. The predicted molar refractivity (Wildman–Crippen MR) is 82.4 cm³/mol. The number of thioether (sulfide) groups is 1. The quantitative estimate of drug-likeness (QED) is 0.624. The van der Waals surface area contributed by atoms with Gasteiger partial charge in [0.2, 0.25) is 5.89 Å². The van der Waals surface area contributed by atoms with Crippen LogP contribution in [0.15, 0.2) is 22.6 Å². The van der Waals surface area contributed by atoms with Gasteiger partial charge in [0.05, 0.1) is 11.4 Å². The fraction of sp³-hybridized carbons (Fsp3) is 0.500. The second-order valence-electron chi connectivity index (χ2n) is 4.38. The average Bonchev–Trinajstić information content (AvgIpc) is 2.83. The molecule has 0 saturated carbocycles. The Balaban J connectivity index is 1.86. The highest BCUT2D eigenvalue weighted by Crippen LogP contribution is 2.23. The van der Waals surface area contributed by atoms with Crippen LogP contribution >= 0.6 is 11.8 Å². The average molecular weight is 279 g/mol. The number of fused-ring (bicyclic) bond motifs is 1. The topological polar surface area (TPSA) is 55.3 Å². The van der Waals surface area contributed by atoms with Crippen molar-refractivity contribution in [2.75, 3.05) is 31.1 Å². The Morgan fingerprint density at radius 1 is 1.32 bits per heavy atom. The van der Waals surface area contributed by atoms with Crippen molar-refractivity contribution in [3.63, 3.8) is 0 Å². The number of benzene rings is 1. The molecule has 5 heteroatoms. The number of nitrogens with zero attached hydrogens (tertiary/aromatic N) is 2. The summed E-state index contributed by atoms with van der Waals surface area (Å²) in [7, 11) is 0. The van der Waals surface area contributed by atoms with Gasteiger partial charge in [-0.25, -0.2) is 4.98 Å². The Morgan fingerprint density at radius 3 is 2.79 bits per heavy atom. The Morgan fingerprint density at radius 2 is 2.11 bits per heavy atom. The molecule has 2 N–H and O–H groups in total. The number of oxazole rings is 1. The van der Waals surface area contributed by atoms with E-state index in [0.29, 0.717) is 5.69 Å². The van der Waals surface area contributed by atoms with Gasteiger partial charge in [-0.1, -0.05) is 19.9 Å². The van der Waals surface area contributed by atoms with Crippen LogP contribution in [-0.2, 0) is 5.75 Å². The third-order valence-corrected chi connectivity index (χ3v) is 4.09. The van der Waals surface area contributed by atoms with Gasteiger partial charge in [-0.15, -0.1) is 0 Å². The van der Waals surface area contributed by atoms with Crippen LogP contribution < -0.4 is 5.73 Å². The van der Waals surface area contributed by atoms with E-state index in [9.17, 15) is 0 Å². The Bertz CT molecular complexity index is 522. The second kappa shape index (κ2) is 6.82. The third-order valence-electron chi connectivity index (χ3n) is 3.17. The number of aromatic nitrogens is 1. The van der Waals surface area contributed by atoms with Crippen molar-refractivity contribution in [2.45, 2.75) is 19.6 Å². The van der Waals surface area contributed by atoms with Crippen LogP contribution in [0.1, 0.15) is 19.7 Å². The molecule has 2 aromatic rings. The molecule has 0 unspecified atom stereocenters. The molecule has 1 aromatic carbocycles. The van der Waals surface area contributed by atoms with Gasteiger partial charge in [0.1, 0.15) is 5.52 Å². The number of hydrogen-bond acceptors (Lipinski definition) is 5. The normalized spacial score (nSPS) is 11.5. The first-order valence-corrected chi connectivity index (χ1v) is 7.84. The summed E-state index contributed by atoms with van der Waals surface area (Å²) in [6, 6.07) is 5.64. The maximum atomic E-state index is 5.86. The zero-order valence-electron chi connectivity index (χ0n) is 11.6. The molecule has 0 atom stereocenters. The number of nitrogen functional groups attached to an aromatic ring is 1. The van der Waals surface area contributed by atoms with Crippen molar-refractivity contribution >= 4 is 28.5 Å². The van der Waals surface area contributed by atoms with Crippen molar-refractivity contribution in [2.24, 2.45) is 0 Å². The molecule has 0 amide bonds. The Hall–Kier alpha value is -1.20. The van der Waals surface area contributed by atoms with Gasteiger partial charge < -0.3 is 15.1 Å². The molecule has 0 aliphatic rings. The highest BCUT2D eigenvalue weighted by Gasteiger charge is 2.08. The fourth-order valence-electron chi connectivity index (χ4n) is 1.97. The molecule has 0 fully saturated rings. The van der Waals surface area contributed by atoms with Crippen LogP contribution in [0.5, 0.6) is 0 Å². The number of anilines is 1. The van der Waals surface area contributed by atoms with Crippen molar-refractivity contribution in [3.05, 3.63) is 24.1 Å². The first-order chi connectivity index (χ1) is 9.24. The van der Waals surface area contributed by atoms with Crippen LogP contribution in [-0.4, -0.2) is 35.3 Å². The summed E-state index contributed by atoms with van der Waals surface area (Å²) in [4.78, 5) is 6.86. The molecule has 0 aliphatic carbocycles. The molecule has 0 bridgehead atoms. The maximum absolute atomic E-state index is 5.86. The van der Waals surface area contributed by atoms with Crippen LogP contribution in [0.2, 0.25) is 0 Å². The van der Waals surface area contributed by atoms with Crippen LogP contribution in [0, 0.1) is 0 Å². The number of hydrogen-bond donors (Lipinski definition) is 1. The molecule has 0 radical (unpaired) electrons. The number of nitrogens with two attached hydrogens (primary N) is 1. The van der Waals surface area contributed by atoms with Crippen molar-refractivity contribution < 1.29 is 4.42 Å². The van der Waals surface area contributed by atoms with E-state index in [-0.39, 0.29) is 0 Å². The lowest BCUT2D eigenvalue weighted by molar-refractivity contribution is 0.324. The van der Waals surface area contributed by atoms with E-state index in [4.69, 9.17) is 10.2 Å². The molecule has 0 aliphatic heterocycles. The summed E-state index contributed by atoms with van der Waals surface area (Å²) < 4.78 is 5.68. The number of rotatable bonds is 7. The zero-order valence-corrected chi connectivity index (χ0v) is 12.4. The molecule has 1 aromatic heterocycles. The van der Waals surface area contributed by atoms with Crippen LogP contribution in [0.3, 0.4) is 0 Å². The minimum absolute atomic E-state index is 0.681. The van der Waals surface area contributed by atoms with Crippen molar-refractivity contribution in [1.82, 2.24) is 9.88 Å². The predicted octanol–water partition coefficient (Wildman–Crippen LogP) is 2.99. The monoisotopic (exact) mass is 279 g/mol. The molecule has 0 saturated heterocycles. The van der Waals surface area contributed by atoms with E-state index >= 15 is 0 Å². The largest absolute Gasteiger partial charge is 0.440 e. The number of para-hydroxylation sites is 1. The maximum Gasteiger partial charge on any atom is 0.205 e. The lowest BCUT2D eigenvalue weighted by atomic mass is 10.3. The molecular formula is C14H21N3OS. The molecule has 104 valence electrons. The van der Waals surface area contributed by atoms with E-state index in [0.717, 1.165) is 48.1 Å².